The second-order valence-electron chi connectivity index (χ2n) is 3.15. The lowest BCUT2D eigenvalue weighted by Gasteiger charge is -2.11. The van der Waals surface area contributed by atoms with Crippen LogP contribution in [0.3, 0.4) is 0 Å². The van der Waals surface area contributed by atoms with Gasteiger partial charge in [-0.25, -0.2) is 13.1 Å². The first kappa shape index (κ1) is 11.0. The molecule has 78 valence electrons. The molecule has 3 N–H and O–H groups in total. The van der Waals surface area contributed by atoms with Crippen molar-refractivity contribution in [2.24, 2.45) is 0 Å². The number of anilines is 1. The molecule has 14 heavy (non-hydrogen) atoms. The summed E-state index contributed by atoms with van der Waals surface area (Å²) in [5, 5.41) is 0. The van der Waals surface area contributed by atoms with Crippen molar-refractivity contribution in [3.05, 3.63) is 23.3 Å². The number of aryl methyl sites for hydroxylation is 2. The van der Waals surface area contributed by atoms with Crippen LogP contribution in [0.5, 0.6) is 0 Å². The monoisotopic (exact) mass is 214 g/mol. The fourth-order valence-electron chi connectivity index (χ4n) is 1.27. The zero-order valence-corrected chi connectivity index (χ0v) is 9.27. The molecule has 0 aliphatic rings. The number of nitrogens with one attached hydrogen (secondary N) is 1. The maximum atomic E-state index is 11.6. The van der Waals surface area contributed by atoms with Gasteiger partial charge in [-0.3, -0.25) is 0 Å². The van der Waals surface area contributed by atoms with Crippen LogP contribution in [-0.2, 0) is 10.0 Å². The Morgan fingerprint density at radius 1 is 1.21 bits per heavy atom. The zero-order valence-electron chi connectivity index (χ0n) is 8.46. The summed E-state index contributed by atoms with van der Waals surface area (Å²) >= 11 is 0. The maximum Gasteiger partial charge on any atom is 0.242 e. The molecule has 0 saturated heterocycles. The van der Waals surface area contributed by atoms with E-state index in [4.69, 9.17) is 5.73 Å². The number of nitrogens with two attached hydrogens (primary N) is 1. The SMILES string of the molecule is CNS(=O)(=O)c1c(C)ccc(C)c1N. The number of nitrogen functional groups attached to an aromatic ring is 1. The normalized spacial score (nSPS) is 11.6. The van der Waals surface area contributed by atoms with E-state index in [0.717, 1.165) is 5.56 Å². The lowest BCUT2D eigenvalue weighted by atomic mass is 10.1. The molecule has 0 bridgehead atoms. The van der Waals surface area contributed by atoms with E-state index in [9.17, 15) is 8.42 Å². The van der Waals surface area contributed by atoms with Gasteiger partial charge in [0.25, 0.3) is 0 Å². The Balaban J connectivity index is 3.56. The van der Waals surface area contributed by atoms with Crippen LogP contribution in [0.1, 0.15) is 11.1 Å². The minimum Gasteiger partial charge on any atom is -0.397 e. The van der Waals surface area contributed by atoms with Gasteiger partial charge in [-0.05, 0) is 32.0 Å². The molecule has 0 unspecified atom stereocenters. The second kappa shape index (κ2) is 3.59. The molecule has 0 radical (unpaired) electrons. The molecule has 5 heteroatoms. The van der Waals surface area contributed by atoms with Gasteiger partial charge in [0.15, 0.2) is 0 Å². The summed E-state index contributed by atoms with van der Waals surface area (Å²) in [5.41, 5.74) is 7.47. The van der Waals surface area contributed by atoms with E-state index in [2.05, 4.69) is 4.72 Å². The van der Waals surface area contributed by atoms with Crippen LogP contribution in [0.2, 0.25) is 0 Å². The van der Waals surface area contributed by atoms with Crippen molar-refractivity contribution in [1.29, 1.82) is 0 Å². The van der Waals surface area contributed by atoms with Gasteiger partial charge in [-0.2, -0.15) is 0 Å². The van der Waals surface area contributed by atoms with E-state index >= 15 is 0 Å². The molecular formula is C9H14N2O2S. The molecule has 1 aromatic rings. The molecule has 0 fully saturated rings. The van der Waals surface area contributed by atoms with Crippen LogP contribution in [0.15, 0.2) is 17.0 Å². The number of hydrogen-bond acceptors (Lipinski definition) is 3. The quantitative estimate of drug-likeness (QED) is 0.715. The Bertz CT molecular complexity index is 452. The molecule has 0 amide bonds. The molecule has 1 aromatic carbocycles. The van der Waals surface area contributed by atoms with Crippen molar-refractivity contribution in [2.75, 3.05) is 12.8 Å². The average Bonchev–Trinajstić information content (AvgIpc) is 2.12. The molecule has 0 atom stereocenters. The second-order valence-corrected chi connectivity index (χ2v) is 4.97. The molecule has 0 heterocycles. The third-order valence-corrected chi connectivity index (χ3v) is 3.77. The van der Waals surface area contributed by atoms with Crippen molar-refractivity contribution in [1.82, 2.24) is 4.72 Å². The van der Waals surface area contributed by atoms with Crippen LogP contribution in [0, 0.1) is 13.8 Å². The van der Waals surface area contributed by atoms with Gasteiger partial charge in [0, 0.05) is 0 Å². The van der Waals surface area contributed by atoms with Gasteiger partial charge < -0.3 is 5.73 Å². The average molecular weight is 214 g/mol. The molecule has 0 saturated carbocycles. The summed E-state index contributed by atoms with van der Waals surface area (Å²) in [6.07, 6.45) is 0. The fourth-order valence-corrected chi connectivity index (χ4v) is 2.41. The Kier molecular flexibility index (Phi) is 2.82. The summed E-state index contributed by atoms with van der Waals surface area (Å²) < 4.78 is 25.5. The molecular weight excluding hydrogens is 200 g/mol. The summed E-state index contributed by atoms with van der Waals surface area (Å²) in [5.74, 6) is 0. The highest BCUT2D eigenvalue weighted by Gasteiger charge is 2.18. The number of rotatable bonds is 2. The van der Waals surface area contributed by atoms with E-state index in [1.54, 1.807) is 26.0 Å². The van der Waals surface area contributed by atoms with Gasteiger partial charge >= 0.3 is 0 Å². The summed E-state index contributed by atoms with van der Waals surface area (Å²) in [7, 11) is -2.09. The Labute approximate surface area is 84.2 Å². The van der Waals surface area contributed by atoms with Gasteiger partial charge in [-0.1, -0.05) is 12.1 Å². The molecule has 4 nitrogen and oxygen atoms in total. The minimum absolute atomic E-state index is 0.181. The summed E-state index contributed by atoms with van der Waals surface area (Å²) in [6, 6.07) is 3.55. The Morgan fingerprint density at radius 2 is 1.71 bits per heavy atom. The first-order chi connectivity index (χ1) is 6.40. The zero-order chi connectivity index (χ0) is 10.9. The molecule has 0 spiro atoms. The first-order valence-electron chi connectivity index (χ1n) is 4.19. The van der Waals surface area contributed by atoms with Gasteiger partial charge in [0.05, 0.1) is 5.69 Å². The van der Waals surface area contributed by atoms with Crippen LogP contribution >= 0.6 is 0 Å². The van der Waals surface area contributed by atoms with Crippen molar-refractivity contribution in [3.8, 4) is 0 Å². The van der Waals surface area contributed by atoms with E-state index < -0.39 is 10.0 Å². The number of sulfonamides is 1. The highest BCUT2D eigenvalue weighted by atomic mass is 32.2. The van der Waals surface area contributed by atoms with E-state index in [0.29, 0.717) is 11.3 Å². The predicted molar refractivity (Wildman–Crippen MR) is 56.6 cm³/mol. The van der Waals surface area contributed by atoms with E-state index in [-0.39, 0.29) is 4.90 Å². The Hall–Kier alpha value is -1.07. The summed E-state index contributed by atoms with van der Waals surface area (Å²) in [4.78, 5) is 0.181. The molecule has 0 aliphatic carbocycles. The van der Waals surface area contributed by atoms with E-state index in [1.165, 1.54) is 7.05 Å². The van der Waals surface area contributed by atoms with Crippen LogP contribution < -0.4 is 10.5 Å². The maximum absolute atomic E-state index is 11.6. The molecule has 0 aromatic heterocycles. The third-order valence-electron chi connectivity index (χ3n) is 2.15. The number of hydrogen-bond donors (Lipinski definition) is 2. The smallest absolute Gasteiger partial charge is 0.242 e. The van der Waals surface area contributed by atoms with Crippen LogP contribution in [0.4, 0.5) is 5.69 Å². The highest BCUT2D eigenvalue weighted by Crippen LogP contribution is 2.25. The fraction of sp³-hybridized carbons (Fsp3) is 0.333. The van der Waals surface area contributed by atoms with Crippen molar-refractivity contribution in [2.45, 2.75) is 18.7 Å². The van der Waals surface area contributed by atoms with Crippen LogP contribution in [-0.4, -0.2) is 15.5 Å². The van der Waals surface area contributed by atoms with Gasteiger partial charge in [0.2, 0.25) is 10.0 Å². The number of benzene rings is 1. The predicted octanol–water partition coefficient (Wildman–Crippen LogP) is 0.794. The standard InChI is InChI=1S/C9H14N2O2S/c1-6-4-5-7(2)9(8(6)10)14(12,13)11-3/h4-5,11H,10H2,1-3H3. The lowest BCUT2D eigenvalue weighted by Crippen LogP contribution is -2.21. The highest BCUT2D eigenvalue weighted by molar-refractivity contribution is 7.89. The van der Waals surface area contributed by atoms with Gasteiger partial charge in [-0.15, -0.1) is 0 Å². The van der Waals surface area contributed by atoms with Crippen molar-refractivity contribution >= 4 is 15.7 Å². The van der Waals surface area contributed by atoms with Crippen LogP contribution in [0.25, 0.3) is 0 Å². The summed E-state index contributed by atoms with van der Waals surface area (Å²) in [6.45, 7) is 3.50. The molecule has 1 rings (SSSR count). The largest absolute Gasteiger partial charge is 0.397 e. The minimum atomic E-state index is -3.46. The first-order valence-corrected chi connectivity index (χ1v) is 5.67. The topological polar surface area (TPSA) is 72.2 Å². The third kappa shape index (κ3) is 1.73. The lowest BCUT2D eigenvalue weighted by molar-refractivity contribution is 0.588. The molecule has 0 aliphatic heterocycles. The van der Waals surface area contributed by atoms with Crippen molar-refractivity contribution in [3.63, 3.8) is 0 Å². The van der Waals surface area contributed by atoms with Gasteiger partial charge in [0.1, 0.15) is 4.90 Å². The van der Waals surface area contributed by atoms with E-state index in [1.807, 2.05) is 0 Å². The Morgan fingerprint density at radius 3 is 2.21 bits per heavy atom. The van der Waals surface area contributed by atoms with Crippen molar-refractivity contribution < 1.29 is 8.42 Å².